The molecule has 1 saturated heterocycles. The van der Waals surface area contributed by atoms with Crippen LogP contribution in [0.2, 0.25) is 0 Å². The summed E-state index contributed by atoms with van der Waals surface area (Å²) in [6.07, 6.45) is 5.43. The van der Waals surface area contributed by atoms with Gasteiger partial charge in [-0.3, -0.25) is 10.5 Å². The van der Waals surface area contributed by atoms with Crippen LogP contribution in [0.15, 0.2) is 12.4 Å². The van der Waals surface area contributed by atoms with E-state index in [1.54, 1.807) is 11.8 Å². The SMILES string of the molecule is COC1(C(NN)c2cnn(C)c2)CCOCC1. The van der Waals surface area contributed by atoms with Crippen LogP contribution in [0.5, 0.6) is 0 Å². The van der Waals surface area contributed by atoms with Gasteiger partial charge < -0.3 is 9.47 Å². The molecule has 2 rings (SSSR count). The van der Waals surface area contributed by atoms with E-state index in [2.05, 4.69) is 10.5 Å². The first-order valence-electron chi connectivity index (χ1n) is 5.79. The van der Waals surface area contributed by atoms with E-state index in [9.17, 15) is 0 Å². The van der Waals surface area contributed by atoms with Crippen LogP contribution in [0.3, 0.4) is 0 Å². The highest BCUT2D eigenvalue weighted by atomic mass is 16.5. The number of aromatic nitrogens is 2. The minimum Gasteiger partial charge on any atom is -0.381 e. The third kappa shape index (κ3) is 2.35. The van der Waals surface area contributed by atoms with E-state index in [-0.39, 0.29) is 11.6 Å². The van der Waals surface area contributed by atoms with E-state index >= 15 is 0 Å². The lowest BCUT2D eigenvalue weighted by molar-refractivity contribution is -0.111. The first kappa shape index (κ1) is 12.5. The minimum absolute atomic E-state index is 0.0647. The van der Waals surface area contributed by atoms with Gasteiger partial charge in [0.05, 0.1) is 17.8 Å². The van der Waals surface area contributed by atoms with Crippen LogP contribution in [-0.4, -0.2) is 35.7 Å². The van der Waals surface area contributed by atoms with Crippen molar-refractivity contribution in [3.05, 3.63) is 18.0 Å². The Labute approximate surface area is 101 Å². The van der Waals surface area contributed by atoms with Crippen molar-refractivity contribution in [2.75, 3.05) is 20.3 Å². The normalized spacial score (nSPS) is 21.4. The fraction of sp³-hybridized carbons (Fsp3) is 0.727. The molecule has 0 aliphatic carbocycles. The molecule has 3 N–H and O–H groups in total. The van der Waals surface area contributed by atoms with Crippen molar-refractivity contribution < 1.29 is 9.47 Å². The zero-order valence-corrected chi connectivity index (χ0v) is 10.3. The number of rotatable bonds is 4. The number of nitrogens with two attached hydrogens (primary N) is 1. The molecule has 6 nitrogen and oxygen atoms in total. The molecule has 1 aliphatic heterocycles. The first-order chi connectivity index (χ1) is 8.22. The van der Waals surface area contributed by atoms with Crippen LogP contribution in [0.25, 0.3) is 0 Å². The van der Waals surface area contributed by atoms with Crippen molar-refractivity contribution in [3.8, 4) is 0 Å². The highest BCUT2D eigenvalue weighted by molar-refractivity contribution is 5.16. The lowest BCUT2D eigenvalue weighted by Crippen LogP contribution is -2.51. The van der Waals surface area contributed by atoms with Crippen LogP contribution in [0, 0.1) is 0 Å². The van der Waals surface area contributed by atoms with Crippen LogP contribution in [-0.2, 0) is 16.5 Å². The molecule has 1 atom stereocenters. The molecule has 0 aromatic carbocycles. The molecule has 0 amide bonds. The molecule has 2 heterocycles. The molecule has 1 unspecified atom stereocenters. The lowest BCUT2D eigenvalue weighted by Gasteiger charge is -2.41. The topological polar surface area (TPSA) is 74.3 Å². The summed E-state index contributed by atoms with van der Waals surface area (Å²) in [5.74, 6) is 5.70. The highest BCUT2D eigenvalue weighted by Crippen LogP contribution is 2.36. The summed E-state index contributed by atoms with van der Waals surface area (Å²) in [4.78, 5) is 0. The van der Waals surface area contributed by atoms with Crippen molar-refractivity contribution in [2.24, 2.45) is 12.9 Å². The summed E-state index contributed by atoms with van der Waals surface area (Å²) in [7, 11) is 3.62. The molecule has 0 radical (unpaired) electrons. The zero-order chi connectivity index (χ0) is 12.3. The van der Waals surface area contributed by atoms with Crippen LogP contribution < -0.4 is 11.3 Å². The Bertz CT molecular complexity index is 360. The molecule has 1 aromatic rings. The number of hydrogen-bond donors (Lipinski definition) is 2. The number of methoxy groups -OCH3 is 1. The lowest BCUT2D eigenvalue weighted by atomic mass is 9.83. The number of nitrogens with one attached hydrogen (secondary N) is 1. The summed E-state index contributed by atoms with van der Waals surface area (Å²) in [6.45, 7) is 1.40. The summed E-state index contributed by atoms with van der Waals surface area (Å²) in [5.41, 5.74) is 3.59. The van der Waals surface area contributed by atoms with Gasteiger partial charge in [-0.05, 0) is 0 Å². The summed E-state index contributed by atoms with van der Waals surface area (Å²) >= 11 is 0. The predicted molar refractivity (Wildman–Crippen MR) is 63.1 cm³/mol. The Hall–Kier alpha value is -0.950. The maximum absolute atomic E-state index is 5.74. The fourth-order valence-electron chi connectivity index (χ4n) is 2.47. The Morgan fingerprint density at radius 1 is 1.59 bits per heavy atom. The maximum Gasteiger partial charge on any atom is 0.0930 e. The number of hydrogen-bond acceptors (Lipinski definition) is 5. The fourth-order valence-corrected chi connectivity index (χ4v) is 2.47. The van der Waals surface area contributed by atoms with Gasteiger partial charge in [-0.15, -0.1) is 0 Å². The third-order valence-electron chi connectivity index (χ3n) is 3.50. The third-order valence-corrected chi connectivity index (χ3v) is 3.50. The van der Waals surface area contributed by atoms with Gasteiger partial charge in [0, 0.05) is 52.0 Å². The molecule has 0 saturated carbocycles. The maximum atomic E-state index is 5.74. The average molecular weight is 240 g/mol. The van der Waals surface area contributed by atoms with Gasteiger partial charge in [-0.2, -0.15) is 5.10 Å². The summed E-state index contributed by atoms with van der Waals surface area (Å²) in [6, 6.07) is -0.0647. The van der Waals surface area contributed by atoms with Gasteiger partial charge in [-0.25, -0.2) is 5.43 Å². The zero-order valence-electron chi connectivity index (χ0n) is 10.3. The van der Waals surface area contributed by atoms with Gasteiger partial charge in [0.2, 0.25) is 0 Å². The number of ether oxygens (including phenoxy) is 2. The molecule has 0 bridgehead atoms. The van der Waals surface area contributed by atoms with Crippen LogP contribution in [0.1, 0.15) is 24.4 Å². The van der Waals surface area contributed by atoms with Gasteiger partial charge in [-0.1, -0.05) is 0 Å². The molecule has 0 spiro atoms. The second kappa shape index (κ2) is 5.14. The van der Waals surface area contributed by atoms with Gasteiger partial charge in [0.25, 0.3) is 0 Å². The van der Waals surface area contributed by atoms with Crippen molar-refractivity contribution >= 4 is 0 Å². The molecule has 96 valence electrons. The van der Waals surface area contributed by atoms with Crippen molar-refractivity contribution in [1.29, 1.82) is 0 Å². The Morgan fingerprint density at radius 2 is 2.29 bits per heavy atom. The van der Waals surface area contributed by atoms with Crippen molar-refractivity contribution in [3.63, 3.8) is 0 Å². The number of nitrogens with zero attached hydrogens (tertiary/aromatic N) is 2. The van der Waals surface area contributed by atoms with Gasteiger partial charge in [0.1, 0.15) is 0 Å². The Balaban J connectivity index is 2.26. The Kier molecular flexibility index (Phi) is 3.78. The van der Waals surface area contributed by atoms with E-state index in [0.717, 1.165) is 18.4 Å². The Morgan fingerprint density at radius 3 is 2.76 bits per heavy atom. The van der Waals surface area contributed by atoms with E-state index in [1.807, 2.05) is 19.4 Å². The van der Waals surface area contributed by atoms with E-state index < -0.39 is 0 Å². The summed E-state index contributed by atoms with van der Waals surface area (Å²) in [5, 5.41) is 4.18. The van der Waals surface area contributed by atoms with E-state index in [1.165, 1.54) is 0 Å². The molecule has 1 fully saturated rings. The molecule has 1 aromatic heterocycles. The average Bonchev–Trinajstić information content (AvgIpc) is 2.78. The first-order valence-corrected chi connectivity index (χ1v) is 5.79. The van der Waals surface area contributed by atoms with Crippen molar-refractivity contribution in [1.82, 2.24) is 15.2 Å². The molecule has 1 aliphatic rings. The van der Waals surface area contributed by atoms with Crippen LogP contribution >= 0.6 is 0 Å². The standard InChI is InChI=1S/C11H20N4O2/c1-15-8-9(7-13-15)10(14-12)11(16-2)3-5-17-6-4-11/h7-8,10,14H,3-6,12H2,1-2H3. The monoisotopic (exact) mass is 240 g/mol. The second-order valence-corrected chi connectivity index (χ2v) is 4.43. The largest absolute Gasteiger partial charge is 0.381 e. The summed E-state index contributed by atoms with van der Waals surface area (Å²) < 4.78 is 12.9. The van der Waals surface area contributed by atoms with Crippen molar-refractivity contribution in [2.45, 2.75) is 24.5 Å². The number of aryl methyl sites for hydroxylation is 1. The molecule has 17 heavy (non-hydrogen) atoms. The smallest absolute Gasteiger partial charge is 0.0930 e. The van der Waals surface area contributed by atoms with E-state index in [4.69, 9.17) is 15.3 Å². The van der Waals surface area contributed by atoms with E-state index in [0.29, 0.717) is 13.2 Å². The minimum atomic E-state index is -0.309. The second-order valence-electron chi connectivity index (χ2n) is 4.43. The van der Waals surface area contributed by atoms with Crippen LogP contribution in [0.4, 0.5) is 0 Å². The van der Waals surface area contributed by atoms with Gasteiger partial charge in [0.15, 0.2) is 0 Å². The highest BCUT2D eigenvalue weighted by Gasteiger charge is 2.41. The number of hydrazine groups is 1. The molecular formula is C11H20N4O2. The quantitative estimate of drug-likeness (QED) is 0.577. The molecule has 6 heteroatoms. The predicted octanol–water partition coefficient (Wildman–Crippen LogP) is 0.120. The molecular weight excluding hydrogens is 220 g/mol. The van der Waals surface area contributed by atoms with Gasteiger partial charge >= 0.3 is 0 Å².